The molecule has 0 unspecified atom stereocenters. The van der Waals surface area contributed by atoms with E-state index >= 15 is 0 Å². The lowest BCUT2D eigenvalue weighted by atomic mass is 9.84. The van der Waals surface area contributed by atoms with E-state index in [0.717, 1.165) is 38.5 Å². The van der Waals surface area contributed by atoms with E-state index in [1.165, 1.54) is 32.7 Å². The molecule has 0 amide bonds. The molecule has 4 nitrogen and oxygen atoms in total. The van der Waals surface area contributed by atoms with Crippen molar-refractivity contribution in [1.82, 2.24) is 9.55 Å². The maximum absolute atomic E-state index is 14.0. The number of imidazole rings is 1. The molecule has 0 aliphatic carbocycles. The highest BCUT2D eigenvalue weighted by Gasteiger charge is 2.33. The molecule has 9 aromatic rings. The van der Waals surface area contributed by atoms with E-state index < -0.39 is 9.84 Å². The van der Waals surface area contributed by atoms with Gasteiger partial charge in [0.25, 0.3) is 0 Å². The van der Waals surface area contributed by atoms with Gasteiger partial charge in [0.2, 0.25) is 9.84 Å². The van der Waals surface area contributed by atoms with Crippen molar-refractivity contribution in [3.8, 4) is 27.9 Å². The first-order valence-corrected chi connectivity index (χ1v) is 17.8. The zero-order chi connectivity index (χ0) is 32.1. The van der Waals surface area contributed by atoms with Gasteiger partial charge in [-0.15, -0.1) is 0 Å². The van der Waals surface area contributed by atoms with E-state index in [-0.39, 0.29) is 0 Å². The summed E-state index contributed by atoms with van der Waals surface area (Å²) in [6, 6.07) is 48.1. The quantitative estimate of drug-likeness (QED) is 0.143. The van der Waals surface area contributed by atoms with E-state index in [1.54, 1.807) is 18.2 Å². The Bertz CT molecular complexity index is 2900. The number of sulfone groups is 1. The lowest BCUT2D eigenvalue weighted by molar-refractivity contribution is 0.594. The molecule has 0 saturated heterocycles. The average Bonchev–Trinajstić information content (AvgIpc) is 3.52. The molecule has 1 aromatic heterocycles. The van der Waals surface area contributed by atoms with Crippen LogP contribution in [0.1, 0.15) is 12.7 Å². The third-order valence-corrected chi connectivity index (χ3v) is 11.9. The van der Waals surface area contributed by atoms with Crippen LogP contribution in [0, 0.1) is 0 Å². The van der Waals surface area contributed by atoms with Crippen molar-refractivity contribution in [2.45, 2.75) is 23.1 Å². The van der Waals surface area contributed by atoms with Gasteiger partial charge in [-0.25, -0.2) is 13.4 Å². The van der Waals surface area contributed by atoms with E-state index in [9.17, 15) is 8.42 Å². The number of fused-ring (bicyclic) bond motifs is 7. The highest BCUT2D eigenvalue weighted by molar-refractivity contribution is 7.92. The first-order valence-electron chi connectivity index (χ1n) is 16.3. The van der Waals surface area contributed by atoms with Crippen molar-refractivity contribution < 1.29 is 8.42 Å². The molecule has 8 aromatic carbocycles. The Balaban J connectivity index is 1.32. The zero-order valence-corrected chi connectivity index (χ0v) is 26.9. The van der Waals surface area contributed by atoms with Crippen molar-refractivity contribution in [3.63, 3.8) is 0 Å². The van der Waals surface area contributed by atoms with Gasteiger partial charge in [0, 0.05) is 6.42 Å². The van der Waals surface area contributed by atoms with Gasteiger partial charge < -0.3 is 0 Å². The Labute approximate surface area is 277 Å². The second-order valence-electron chi connectivity index (χ2n) is 12.6. The maximum atomic E-state index is 14.0. The number of benzene rings is 8. The fourth-order valence-corrected chi connectivity index (χ4v) is 9.66. The highest BCUT2D eigenvalue weighted by Crippen LogP contribution is 2.48. The average molecular weight is 637 g/mol. The normalized spacial score (nSPS) is 13.5. The van der Waals surface area contributed by atoms with E-state index in [2.05, 4.69) is 121 Å². The van der Waals surface area contributed by atoms with Gasteiger partial charge in [0.05, 0.1) is 26.5 Å². The van der Waals surface area contributed by atoms with Gasteiger partial charge in [-0.3, -0.25) is 4.57 Å². The van der Waals surface area contributed by atoms with Crippen molar-refractivity contribution in [2.24, 2.45) is 0 Å². The van der Waals surface area contributed by atoms with Crippen molar-refractivity contribution in [3.05, 3.63) is 145 Å². The molecule has 2 heterocycles. The van der Waals surface area contributed by atoms with Crippen LogP contribution in [0.3, 0.4) is 0 Å². The Hall–Kier alpha value is -5.78. The monoisotopic (exact) mass is 636 g/mol. The molecule has 1 aliphatic rings. The lowest BCUT2D eigenvalue weighted by Crippen LogP contribution is -2.16. The van der Waals surface area contributed by atoms with Gasteiger partial charge >= 0.3 is 0 Å². The molecule has 1 aliphatic heterocycles. The van der Waals surface area contributed by atoms with Crippen LogP contribution in [0.5, 0.6) is 0 Å². The summed E-state index contributed by atoms with van der Waals surface area (Å²) in [5.74, 6) is 0.846. The first-order chi connectivity index (χ1) is 23.5. The van der Waals surface area contributed by atoms with E-state index in [4.69, 9.17) is 4.98 Å². The minimum Gasteiger partial charge on any atom is -0.294 e. The smallest absolute Gasteiger partial charge is 0.210 e. The number of aromatic nitrogens is 2. The van der Waals surface area contributed by atoms with Crippen molar-refractivity contribution >= 4 is 64.0 Å². The summed E-state index contributed by atoms with van der Waals surface area (Å²) in [5.41, 5.74) is 6.47. The predicted octanol–water partition coefficient (Wildman–Crippen LogP) is 10.7. The molecule has 0 N–H and O–H groups in total. The summed E-state index contributed by atoms with van der Waals surface area (Å²) in [5, 5.41) is 9.45. The van der Waals surface area contributed by atoms with E-state index in [1.807, 2.05) is 12.1 Å². The molecule has 0 radical (unpaired) electrons. The van der Waals surface area contributed by atoms with Gasteiger partial charge in [-0.2, -0.15) is 0 Å². The summed E-state index contributed by atoms with van der Waals surface area (Å²) in [6.45, 7) is 2.06. The van der Waals surface area contributed by atoms with Crippen LogP contribution >= 0.6 is 0 Å². The Kier molecular flexibility index (Phi) is 5.62. The minimum absolute atomic E-state index is 0.312. The molecule has 0 atom stereocenters. The van der Waals surface area contributed by atoms with Gasteiger partial charge in [-0.05, 0) is 95.7 Å². The SMILES string of the molecule is CCc1nc2cccc3c2n1-c1cc(-c2c4ccccc4c(-c4cc5ccccc5c5ccccc45)c4ccccc24)ccc1S3(=O)=O. The molecule has 5 heteroatoms. The third-order valence-electron chi connectivity index (χ3n) is 10.1. The fourth-order valence-electron chi connectivity index (χ4n) is 8.04. The van der Waals surface area contributed by atoms with Gasteiger partial charge in [0.15, 0.2) is 0 Å². The predicted molar refractivity (Wildman–Crippen MR) is 197 cm³/mol. The summed E-state index contributed by atoms with van der Waals surface area (Å²) < 4.78 is 30.1. The van der Waals surface area contributed by atoms with Crippen LogP contribution in [-0.4, -0.2) is 18.0 Å². The van der Waals surface area contributed by atoms with Crippen LogP contribution < -0.4 is 0 Å². The minimum atomic E-state index is -3.73. The van der Waals surface area contributed by atoms with Crippen LogP contribution in [0.25, 0.3) is 82.1 Å². The van der Waals surface area contributed by atoms with Crippen molar-refractivity contribution in [2.75, 3.05) is 0 Å². The van der Waals surface area contributed by atoms with E-state index in [0.29, 0.717) is 32.9 Å². The molecule has 228 valence electrons. The zero-order valence-electron chi connectivity index (χ0n) is 26.1. The fraction of sp³-hybridized carbons (Fsp3) is 0.0465. The first kappa shape index (κ1) is 27.3. The van der Waals surface area contributed by atoms with Crippen LogP contribution in [-0.2, 0) is 16.3 Å². The number of para-hydroxylation sites is 1. The molecule has 48 heavy (non-hydrogen) atoms. The Morgan fingerprint density at radius 2 is 1.17 bits per heavy atom. The molecule has 0 spiro atoms. The number of aryl methyl sites for hydroxylation is 1. The molecule has 0 saturated carbocycles. The summed E-state index contributed by atoms with van der Waals surface area (Å²) >= 11 is 0. The standard InChI is InChI=1S/C43H28N2O2S/c1-2-40-44-36-20-11-21-39-43(36)45(40)37-25-27(22-23-38(37)48(39,46)47)41-31-16-7-9-18-33(31)42(34-19-10-8-17-32(34)41)35-24-26-12-3-4-13-28(26)29-14-5-6-15-30(29)35/h3-25H,2H2,1H3. The molecule has 0 fully saturated rings. The summed E-state index contributed by atoms with van der Waals surface area (Å²) in [4.78, 5) is 5.49. The second-order valence-corrected chi connectivity index (χ2v) is 14.4. The third kappa shape index (κ3) is 3.59. The Morgan fingerprint density at radius 1 is 0.562 bits per heavy atom. The van der Waals surface area contributed by atoms with Crippen molar-refractivity contribution in [1.29, 1.82) is 0 Å². The van der Waals surface area contributed by atoms with Gasteiger partial charge in [0.1, 0.15) is 5.82 Å². The largest absolute Gasteiger partial charge is 0.294 e. The molecular weight excluding hydrogens is 609 g/mol. The number of rotatable bonds is 3. The number of hydrogen-bond acceptors (Lipinski definition) is 3. The lowest BCUT2D eigenvalue weighted by Gasteiger charge is -2.23. The highest BCUT2D eigenvalue weighted by atomic mass is 32.2. The van der Waals surface area contributed by atoms with Gasteiger partial charge in [-0.1, -0.05) is 116 Å². The van der Waals surface area contributed by atoms with Crippen LogP contribution in [0.2, 0.25) is 0 Å². The van der Waals surface area contributed by atoms with Crippen LogP contribution in [0.4, 0.5) is 0 Å². The maximum Gasteiger partial charge on any atom is 0.210 e. The summed E-state index contributed by atoms with van der Waals surface area (Å²) in [7, 11) is -3.73. The Morgan fingerprint density at radius 3 is 1.85 bits per heavy atom. The van der Waals surface area contributed by atoms with Crippen LogP contribution in [0.15, 0.2) is 149 Å². The molecule has 0 bridgehead atoms. The number of nitrogens with zero attached hydrogens (tertiary/aromatic N) is 2. The molecule has 10 rings (SSSR count). The topological polar surface area (TPSA) is 52.0 Å². The molecular formula is C43H28N2O2S. The summed E-state index contributed by atoms with van der Waals surface area (Å²) in [6.07, 6.45) is 0.679. The number of hydrogen-bond donors (Lipinski definition) is 0. The second kappa shape index (κ2) is 9.86.